The van der Waals surface area contributed by atoms with Crippen LogP contribution in [-0.2, 0) is 0 Å². The van der Waals surface area contributed by atoms with E-state index in [0.29, 0.717) is 17.2 Å². The summed E-state index contributed by atoms with van der Waals surface area (Å²) in [6.07, 6.45) is 7.82. The van der Waals surface area contributed by atoms with Crippen molar-refractivity contribution >= 4 is 12.2 Å². The smallest absolute Gasteiger partial charge is 0.203 e. The summed E-state index contributed by atoms with van der Waals surface area (Å²) < 4.78 is 16.1. The summed E-state index contributed by atoms with van der Waals surface area (Å²) in [5.41, 5.74) is 2.98. The molecule has 0 fully saturated rings. The zero-order valence-corrected chi connectivity index (χ0v) is 13.9. The van der Waals surface area contributed by atoms with Crippen LogP contribution in [0.25, 0.3) is 12.2 Å². The third-order valence-electron chi connectivity index (χ3n) is 3.29. The Morgan fingerprint density at radius 2 is 1.70 bits per heavy atom. The number of methoxy groups -OCH3 is 3. The molecule has 120 valence electrons. The molecule has 1 aromatic heterocycles. The highest BCUT2D eigenvalue weighted by molar-refractivity contribution is 5.65. The first kappa shape index (κ1) is 16.6. The quantitative estimate of drug-likeness (QED) is 0.749. The van der Waals surface area contributed by atoms with E-state index in [-0.39, 0.29) is 0 Å². The Morgan fingerprint density at radius 3 is 2.22 bits per heavy atom. The highest BCUT2D eigenvalue weighted by Crippen LogP contribution is 2.38. The highest BCUT2D eigenvalue weighted by atomic mass is 16.5. The molecule has 0 atom stereocenters. The first-order valence-corrected chi connectivity index (χ1v) is 7.25. The minimum Gasteiger partial charge on any atom is -0.493 e. The molecule has 1 aromatic carbocycles. The van der Waals surface area contributed by atoms with E-state index in [1.807, 2.05) is 55.5 Å². The average molecular weight is 311 g/mol. The summed E-state index contributed by atoms with van der Waals surface area (Å²) in [6, 6.07) is 9.66. The summed E-state index contributed by atoms with van der Waals surface area (Å²) in [4.78, 5) is 4.26. The van der Waals surface area contributed by atoms with Crippen molar-refractivity contribution in [1.29, 1.82) is 0 Å². The third kappa shape index (κ3) is 4.36. The summed E-state index contributed by atoms with van der Waals surface area (Å²) >= 11 is 0. The molecule has 0 bridgehead atoms. The average Bonchev–Trinajstić information content (AvgIpc) is 2.59. The van der Waals surface area contributed by atoms with Crippen LogP contribution in [0.2, 0.25) is 0 Å². The third-order valence-corrected chi connectivity index (χ3v) is 3.29. The predicted octanol–water partition coefficient (Wildman–Crippen LogP) is 4.22. The first-order valence-electron chi connectivity index (χ1n) is 7.25. The Bertz CT molecular complexity index is 681. The fraction of sp³-hybridized carbons (Fsp3) is 0.211. The highest BCUT2D eigenvalue weighted by Gasteiger charge is 2.12. The maximum atomic E-state index is 5.37. The zero-order valence-electron chi connectivity index (χ0n) is 13.9. The van der Waals surface area contributed by atoms with Crippen LogP contribution in [0, 0.1) is 0 Å². The number of nitrogens with zero attached hydrogens (tertiary/aromatic N) is 1. The fourth-order valence-electron chi connectivity index (χ4n) is 2.19. The van der Waals surface area contributed by atoms with Crippen LogP contribution in [0.4, 0.5) is 0 Å². The van der Waals surface area contributed by atoms with E-state index in [0.717, 1.165) is 16.8 Å². The molecular weight excluding hydrogens is 290 g/mol. The van der Waals surface area contributed by atoms with Crippen molar-refractivity contribution in [3.8, 4) is 17.2 Å². The molecule has 0 unspecified atom stereocenters. The van der Waals surface area contributed by atoms with Crippen molar-refractivity contribution in [2.75, 3.05) is 21.3 Å². The van der Waals surface area contributed by atoms with Crippen molar-refractivity contribution < 1.29 is 14.2 Å². The second-order valence-corrected chi connectivity index (χ2v) is 4.93. The van der Waals surface area contributed by atoms with Gasteiger partial charge in [0.2, 0.25) is 5.75 Å². The SMILES string of the molecule is COc1cc(/C=C(C)/C=C/c2ccccn2)cc(OC)c1OC. The van der Waals surface area contributed by atoms with Gasteiger partial charge in [0.25, 0.3) is 0 Å². The molecular formula is C19H21NO3. The van der Waals surface area contributed by atoms with Crippen LogP contribution in [-0.4, -0.2) is 26.3 Å². The van der Waals surface area contributed by atoms with Crippen LogP contribution < -0.4 is 14.2 Å². The Hall–Kier alpha value is -2.75. The van der Waals surface area contributed by atoms with Crippen LogP contribution in [0.5, 0.6) is 17.2 Å². The van der Waals surface area contributed by atoms with E-state index in [2.05, 4.69) is 4.98 Å². The predicted molar refractivity (Wildman–Crippen MR) is 93.0 cm³/mol. The molecule has 0 radical (unpaired) electrons. The topological polar surface area (TPSA) is 40.6 Å². The van der Waals surface area contributed by atoms with Gasteiger partial charge in [-0.3, -0.25) is 4.98 Å². The van der Waals surface area contributed by atoms with Gasteiger partial charge in [-0.1, -0.05) is 23.8 Å². The molecule has 2 rings (SSSR count). The van der Waals surface area contributed by atoms with E-state index >= 15 is 0 Å². The lowest BCUT2D eigenvalue weighted by Crippen LogP contribution is -1.95. The summed E-state index contributed by atoms with van der Waals surface area (Å²) in [6.45, 7) is 2.03. The van der Waals surface area contributed by atoms with E-state index in [9.17, 15) is 0 Å². The molecule has 4 nitrogen and oxygen atoms in total. The maximum Gasteiger partial charge on any atom is 0.203 e. The Balaban J connectivity index is 2.29. The zero-order chi connectivity index (χ0) is 16.7. The van der Waals surface area contributed by atoms with Gasteiger partial charge < -0.3 is 14.2 Å². The Kier molecular flexibility index (Phi) is 5.80. The van der Waals surface area contributed by atoms with E-state index in [1.54, 1.807) is 27.5 Å². The molecule has 0 saturated heterocycles. The second-order valence-electron chi connectivity index (χ2n) is 4.93. The van der Waals surface area contributed by atoms with Gasteiger partial charge in [0.1, 0.15) is 0 Å². The second kappa shape index (κ2) is 8.03. The van der Waals surface area contributed by atoms with Crippen LogP contribution in [0.1, 0.15) is 18.2 Å². The van der Waals surface area contributed by atoms with Crippen molar-refractivity contribution in [2.24, 2.45) is 0 Å². The lowest BCUT2D eigenvalue weighted by Gasteiger charge is -2.13. The first-order chi connectivity index (χ1) is 11.2. The van der Waals surface area contributed by atoms with Gasteiger partial charge in [0.15, 0.2) is 11.5 Å². The number of benzene rings is 1. The number of hydrogen-bond donors (Lipinski definition) is 0. The van der Waals surface area contributed by atoms with Crippen LogP contribution in [0.3, 0.4) is 0 Å². The molecule has 0 aliphatic carbocycles. The standard InChI is InChI=1S/C19H21NO3/c1-14(8-9-16-7-5-6-10-20-16)11-15-12-17(21-2)19(23-4)18(13-15)22-3/h5-13H,1-4H3/b9-8+,14-11+. The molecule has 1 heterocycles. The number of hydrogen-bond acceptors (Lipinski definition) is 4. The van der Waals surface area contributed by atoms with Gasteiger partial charge in [-0.15, -0.1) is 0 Å². The number of allylic oxidation sites excluding steroid dienone is 2. The largest absolute Gasteiger partial charge is 0.493 e. The van der Waals surface area contributed by atoms with Crippen molar-refractivity contribution in [3.63, 3.8) is 0 Å². The van der Waals surface area contributed by atoms with Gasteiger partial charge in [0, 0.05) is 6.20 Å². The van der Waals surface area contributed by atoms with E-state index in [4.69, 9.17) is 14.2 Å². The van der Waals surface area contributed by atoms with E-state index < -0.39 is 0 Å². The molecule has 0 amide bonds. The minimum absolute atomic E-state index is 0.592. The van der Waals surface area contributed by atoms with Crippen LogP contribution in [0.15, 0.2) is 48.2 Å². The normalized spacial score (nSPS) is 11.6. The molecule has 0 N–H and O–H groups in total. The minimum atomic E-state index is 0.592. The Morgan fingerprint density at radius 1 is 1.00 bits per heavy atom. The lowest BCUT2D eigenvalue weighted by molar-refractivity contribution is 0.324. The number of pyridine rings is 1. The summed E-state index contributed by atoms with van der Waals surface area (Å²) in [7, 11) is 4.81. The van der Waals surface area contributed by atoms with Crippen molar-refractivity contribution in [1.82, 2.24) is 4.98 Å². The van der Waals surface area contributed by atoms with E-state index in [1.165, 1.54) is 0 Å². The van der Waals surface area contributed by atoms with Crippen molar-refractivity contribution in [3.05, 3.63) is 59.4 Å². The summed E-state index contributed by atoms with van der Waals surface area (Å²) in [5, 5.41) is 0. The monoisotopic (exact) mass is 311 g/mol. The lowest BCUT2D eigenvalue weighted by atomic mass is 10.1. The molecule has 0 spiro atoms. The van der Waals surface area contributed by atoms with Gasteiger partial charge in [-0.2, -0.15) is 0 Å². The maximum absolute atomic E-state index is 5.37. The number of rotatable bonds is 6. The van der Waals surface area contributed by atoms with Gasteiger partial charge in [0.05, 0.1) is 27.0 Å². The number of ether oxygens (including phenoxy) is 3. The number of aromatic nitrogens is 1. The van der Waals surface area contributed by atoms with Gasteiger partial charge >= 0.3 is 0 Å². The molecule has 4 heteroatoms. The molecule has 0 saturated carbocycles. The Labute approximate surface area is 137 Å². The van der Waals surface area contributed by atoms with Gasteiger partial charge in [-0.05, 0) is 42.8 Å². The summed E-state index contributed by atoms with van der Waals surface area (Å²) in [5.74, 6) is 1.87. The fourth-order valence-corrected chi connectivity index (χ4v) is 2.19. The molecule has 0 aliphatic heterocycles. The molecule has 2 aromatic rings. The molecule has 0 aliphatic rings. The molecule has 23 heavy (non-hydrogen) atoms. The van der Waals surface area contributed by atoms with Crippen LogP contribution >= 0.6 is 0 Å². The van der Waals surface area contributed by atoms with Crippen molar-refractivity contribution in [2.45, 2.75) is 6.92 Å². The van der Waals surface area contributed by atoms with Gasteiger partial charge in [-0.25, -0.2) is 0 Å².